The van der Waals surface area contributed by atoms with Crippen LogP contribution in [0, 0.1) is 5.92 Å². The summed E-state index contributed by atoms with van der Waals surface area (Å²) in [6.07, 6.45) is 5.36. The maximum Gasteiger partial charge on any atom is 0.0558 e. The molecule has 0 amide bonds. The van der Waals surface area contributed by atoms with E-state index in [-0.39, 0.29) is 6.61 Å². The molecule has 1 saturated carbocycles. The normalized spacial score (nSPS) is 25.0. The molecule has 0 radical (unpaired) electrons. The van der Waals surface area contributed by atoms with Crippen molar-refractivity contribution in [1.29, 1.82) is 0 Å². The lowest BCUT2D eigenvalue weighted by Crippen LogP contribution is -2.37. The van der Waals surface area contributed by atoms with E-state index in [0.717, 1.165) is 38.0 Å². The van der Waals surface area contributed by atoms with E-state index < -0.39 is 0 Å². The number of likely N-dealkylation sites (N-methyl/N-ethyl adjacent to an activating group) is 1. The minimum absolute atomic E-state index is 0.280. The lowest BCUT2D eigenvalue weighted by molar-refractivity contribution is 0.139. The van der Waals surface area contributed by atoms with Crippen LogP contribution in [0.4, 0.5) is 0 Å². The molecule has 0 bridgehead atoms. The van der Waals surface area contributed by atoms with Crippen molar-refractivity contribution in [3.8, 4) is 0 Å². The van der Waals surface area contributed by atoms with Gasteiger partial charge in [-0.2, -0.15) is 0 Å². The highest BCUT2D eigenvalue weighted by atomic mass is 16.3. The highest BCUT2D eigenvalue weighted by Gasteiger charge is 2.31. The van der Waals surface area contributed by atoms with E-state index >= 15 is 0 Å². The largest absolute Gasteiger partial charge is 0.395 e. The van der Waals surface area contributed by atoms with E-state index in [1.165, 1.54) is 49.9 Å². The second-order valence-corrected chi connectivity index (χ2v) is 7.38. The van der Waals surface area contributed by atoms with Crippen LogP contribution in [0.15, 0.2) is 24.3 Å². The molecule has 2 fully saturated rings. The van der Waals surface area contributed by atoms with Crippen LogP contribution in [0.3, 0.4) is 0 Å². The molecule has 1 aromatic rings. The van der Waals surface area contributed by atoms with Crippen molar-refractivity contribution in [2.45, 2.75) is 45.1 Å². The van der Waals surface area contributed by atoms with Crippen LogP contribution < -0.4 is 0 Å². The molecule has 0 atom stereocenters. The van der Waals surface area contributed by atoms with Gasteiger partial charge in [0.15, 0.2) is 0 Å². The molecule has 2 aliphatic rings. The van der Waals surface area contributed by atoms with E-state index in [4.69, 9.17) is 5.11 Å². The molecule has 3 rings (SSSR count). The van der Waals surface area contributed by atoms with Crippen LogP contribution >= 0.6 is 0 Å². The lowest BCUT2D eigenvalue weighted by Gasteiger charge is -2.38. The fourth-order valence-electron chi connectivity index (χ4n) is 4.14. The summed E-state index contributed by atoms with van der Waals surface area (Å²) in [5.41, 5.74) is 2.99. The number of likely N-dealkylation sites (tertiary alicyclic amines) is 1. The third-order valence-corrected chi connectivity index (χ3v) is 5.67. The van der Waals surface area contributed by atoms with Gasteiger partial charge in [-0.3, -0.25) is 4.90 Å². The number of hydrogen-bond donors (Lipinski definition) is 1. The number of nitrogens with zero attached hydrogens (tertiary/aromatic N) is 2. The molecule has 23 heavy (non-hydrogen) atoms. The molecule has 1 N–H and O–H groups in total. The van der Waals surface area contributed by atoms with Crippen LogP contribution in [-0.4, -0.2) is 54.2 Å². The molecule has 3 heteroatoms. The van der Waals surface area contributed by atoms with Crippen molar-refractivity contribution < 1.29 is 5.11 Å². The quantitative estimate of drug-likeness (QED) is 0.798. The van der Waals surface area contributed by atoms with E-state index in [0.29, 0.717) is 0 Å². The van der Waals surface area contributed by atoms with Crippen LogP contribution in [0.1, 0.15) is 49.7 Å². The Balaban J connectivity index is 1.44. The number of rotatable bonds is 8. The highest BCUT2D eigenvalue weighted by molar-refractivity contribution is 5.27. The van der Waals surface area contributed by atoms with Gasteiger partial charge in [0.2, 0.25) is 0 Å². The van der Waals surface area contributed by atoms with E-state index in [2.05, 4.69) is 41.0 Å². The molecule has 1 aromatic carbocycles. The van der Waals surface area contributed by atoms with Crippen LogP contribution in [-0.2, 0) is 6.54 Å². The van der Waals surface area contributed by atoms with Gasteiger partial charge >= 0.3 is 0 Å². The summed E-state index contributed by atoms with van der Waals surface area (Å²) in [6.45, 7) is 9.16. The van der Waals surface area contributed by atoms with E-state index in [1.807, 2.05) is 0 Å². The molecule has 1 aliphatic carbocycles. The van der Waals surface area contributed by atoms with E-state index in [9.17, 15) is 0 Å². The Morgan fingerprint density at radius 2 is 1.83 bits per heavy atom. The second-order valence-electron chi connectivity index (χ2n) is 7.38. The number of hydrogen-bond acceptors (Lipinski definition) is 3. The molecule has 128 valence electrons. The maximum absolute atomic E-state index is 9.08. The van der Waals surface area contributed by atoms with Gasteiger partial charge in [-0.25, -0.2) is 0 Å². The predicted octanol–water partition coefficient (Wildman–Crippen LogP) is 3.09. The number of benzene rings is 1. The summed E-state index contributed by atoms with van der Waals surface area (Å²) in [4.78, 5) is 4.94. The number of aliphatic hydroxyl groups is 1. The molecule has 1 saturated heterocycles. The SMILES string of the molecule is CCN(CCO)C[C@H]1C[C@H](c2ccc(CN3CCCC3)cc2)C1. The van der Waals surface area contributed by atoms with Crippen molar-refractivity contribution >= 4 is 0 Å². The summed E-state index contributed by atoms with van der Waals surface area (Å²) in [6, 6.07) is 9.39. The molecule has 1 aliphatic heterocycles. The van der Waals surface area contributed by atoms with Gasteiger partial charge in [0, 0.05) is 19.6 Å². The monoisotopic (exact) mass is 316 g/mol. The summed E-state index contributed by atoms with van der Waals surface area (Å²) in [7, 11) is 0. The van der Waals surface area contributed by atoms with Crippen molar-refractivity contribution in [3.63, 3.8) is 0 Å². The Morgan fingerprint density at radius 1 is 1.13 bits per heavy atom. The van der Waals surface area contributed by atoms with Gasteiger partial charge in [-0.1, -0.05) is 31.2 Å². The summed E-state index contributed by atoms with van der Waals surface area (Å²) >= 11 is 0. The van der Waals surface area contributed by atoms with Crippen molar-refractivity contribution in [1.82, 2.24) is 9.80 Å². The zero-order valence-electron chi connectivity index (χ0n) is 14.6. The first-order valence-corrected chi connectivity index (χ1v) is 9.43. The third kappa shape index (κ3) is 4.56. The molecule has 0 unspecified atom stereocenters. The average molecular weight is 316 g/mol. The summed E-state index contributed by atoms with van der Waals surface area (Å²) in [5.74, 6) is 1.57. The van der Waals surface area contributed by atoms with Gasteiger partial charge in [0.1, 0.15) is 0 Å². The fraction of sp³-hybridized carbons (Fsp3) is 0.700. The average Bonchev–Trinajstić information content (AvgIpc) is 3.03. The zero-order chi connectivity index (χ0) is 16.1. The number of aliphatic hydroxyl groups excluding tert-OH is 1. The Kier molecular flexibility index (Phi) is 6.09. The molecule has 0 aromatic heterocycles. The first kappa shape index (κ1) is 16.9. The Labute approximate surface area is 141 Å². The second kappa shape index (κ2) is 8.27. The molecular weight excluding hydrogens is 284 g/mol. The molecule has 3 nitrogen and oxygen atoms in total. The standard InChI is InChI=1S/C20H32N2O/c1-2-21(11-12-23)16-18-13-20(14-18)19-7-5-17(6-8-19)15-22-9-3-4-10-22/h5-8,18,20,23H,2-4,9-16H2,1H3/t18-,20-. The highest BCUT2D eigenvalue weighted by Crippen LogP contribution is 2.42. The smallest absolute Gasteiger partial charge is 0.0558 e. The fourth-order valence-corrected chi connectivity index (χ4v) is 4.14. The van der Waals surface area contributed by atoms with Crippen LogP contribution in [0.25, 0.3) is 0 Å². The lowest BCUT2D eigenvalue weighted by atomic mass is 9.71. The minimum atomic E-state index is 0.280. The molecular formula is C20H32N2O. The minimum Gasteiger partial charge on any atom is -0.395 e. The van der Waals surface area contributed by atoms with Crippen molar-refractivity contribution in [2.24, 2.45) is 5.92 Å². The topological polar surface area (TPSA) is 26.7 Å². The zero-order valence-corrected chi connectivity index (χ0v) is 14.6. The Bertz CT molecular complexity index is 461. The summed E-state index contributed by atoms with van der Waals surface area (Å²) < 4.78 is 0. The first-order chi connectivity index (χ1) is 11.3. The van der Waals surface area contributed by atoms with Crippen LogP contribution in [0.2, 0.25) is 0 Å². The third-order valence-electron chi connectivity index (χ3n) is 5.67. The van der Waals surface area contributed by atoms with Gasteiger partial charge in [-0.15, -0.1) is 0 Å². The van der Waals surface area contributed by atoms with Crippen molar-refractivity contribution in [2.75, 3.05) is 39.3 Å². The van der Waals surface area contributed by atoms with Gasteiger partial charge < -0.3 is 10.0 Å². The van der Waals surface area contributed by atoms with Gasteiger partial charge in [0.05, 0.1) is 6.61 Å². The maximum atomic E-state index is 9.08. The van der Waals surface area contributed by atoms with Crippen molar-refractivity contribution in [3.05, 3.63) is 35.4 Å². The molecule has 0 spiro atoms. The van der Waals surface area contributed by atoms with Crippen LogP contribution in [0.5, 0.6) is 0 Å². The Hall–Kier alpha value is -0.900. The summed E-state index contributed by atoms with van der Waals surface area (Å²) in [5, 5.41) is 9.08. The van der Waals surface area contributed by atoms with Gasteiger partial charge in [0.25, 0.3) is 0 Å². The first-order valence-electron chi connectivity index (χ1n) is 9.43. The van der Waals surface area contributed by atoms with Gasteiger partial charge in [-0.05, 0) is 68.3 Å². The Morgan fingerprint density at radius 3 is 2.43 bits per heavy atom. The van der Waals surface area contributed by atoms with E-state index in [1.54, 1.807) is 0 Å². The predicted molar refractivity (Wildman–Crippen MR) is 95.6 cm³/mol. The molecule has 1 heterocycles.